The zero-order valence-electron chi connectivity index (χ0n) is 10.3. The number of thioether (sulfide) groups is 2. The predicted octanol–water partition coefficient (Wildman–Crippen LogP) is 4.28. The Hall–Kier alpha value is -0.0300. The van der Waals surface area contributed by atoms with Gasteiger partial charge in [-0.1, -0.05) is 17.7 Å². The zero-order chi connectivity index (χ0) is 13.2. The van der Waals surface area contributed by atoms with Crippen molar-refractivity contribution >= 4 is 57.8 Å². The van der Waals surface area contributed by atoms with Gasteiger partial charge in [0.25, 0.3) is 0 Å². The summed E-state index contributed by atoms with van der Waals surface area (Å²) in [4.78, 5) is 4.59. The summed E-state index contributed by atoms with van der Waals surface area (Å²) in [6, 6.07) is 5.85. The lowest BCUT2D eigenvalue weighted by Crippen LogP contribution is -2.21. The van der Waals surface area contributed by atoms with E-state index in [9.17, 15) is 0 Å². The van der Waals surface area contributed by atoms with Gasteiger partial charge in [0.2, 0.25) is 0 Å². The molecule has 0 saturated carbocycles. The monoisotopic (exact) mass is 332 g/mol. The van der Waals surface area contributed by atoms with Crippen LogP contribution in [0.25, 0.3) is 11.0 Å². The highest BCUT2D eigenvalue weighted by atomic mass is 35.5. The first kappa shape index (κ1) is 13.9. The Balaban J connectivity index is 2.00. The average Bonchev–Trinajstić information content (AvgIpc) is 2.79. The lowest BCUT2D eigenvalue weighted by atomic mass is 10.3. The van der Waals surface area contributed by atoms with Crippen LogP contribution in [0.1, 0.15) is 5.82 Å². The van der Waals surface area contributed by atoms with Crippen LogP contribution in [0.15, 0.2) is 18.2 Å². The van der Waals surface area contributed by atoms with Crippen molar-refractivity contribution in [3.8, 4) is 0 Å². The summed E-state index contributed by atoms with van der Waals surface area (Å²) in [6.07, 6.45) is 0. The molecule has 19 heavy (non-hydrogen) atoms. The molecule has 0 radical (unpaired) electrons. The first-order valence-electron chi connectivity index (χ1n) is 6.18. The molecule has 0 bridgehead atoms. The summed E-state index contributed by atoms with van der Waals surface area (Å²) >= 11 is 16.4. The van der Waals surface area contributed by atoms with E-state index in [0.29, 0.717) is 11.1 Å². The van der Waals surface area contributed by atoms with Gasteiger partial charge in [-0.25, -0.2) is 4.98 Å². The summed E-state index contributed by atoms with van der Waals surface area (Å²) < 4.78 is 2.20. The number of aromatic nitrogens is 2. The van der Waals surface area contributed by atoms with Crippen LogP contribution < -0.4 is 0 Å². The second kappa shape index (κ2) is 6.17. The smallest absolute Gasteiger partial charge is 0.124 e. The highest BCUT2D eigenvalue weighted by molar-refractivity contribution is 8.06. The molecule has 1 aliphatic heterocycles. The molecule has 2 aromatic rings. The maximum Gasteiger partial charge on any atom is 0.124 e. The van der Waals surface area contributed by atoms with Crippen molar-refractivity contribution in [3.63, 3.8) is 0 Å². The number of benzene rings is 1. The van der Waals surface area contributed by atoms with Gasteiger partial charge < -0.3 is 4.57 Å². The third kappa shape index (κ3) is 2.87. The number of para-hydroxylation sites is 1. The largest absolute Gasteiger partial charge is 0.325 e. The molecule has 102 valence electrons. The molecule has 0 amide bonds. The van der Waals surface area contributed by atoms with Gasteiger partial charge in [0.05, 0.1) is 21.9 Å². The van der Waals surface area contributed by atoms with Crippen LogP contribution in [0, 0.1) is 0 Å². The van der Waals surface area contributed by atoms with Gasteiger partial charge >= 0.3 is 0 Å². The van der Waals surface area contributed by atoms with E-state index in [0.717, 1.165) is 28.4 Å². The van der Waals surface area contributed by atoms with Gasteiger partial charge in [0, 0.05) is 29.1 Å². The molecular weight excluding hydrogens is 319 g/mol. The Labute approximate surface area is 131 Å². The van der Waals surface area contributed by atoms with Crippen LogP contribution in [0.3, 0.4) is 0 Å². The maximum absolute atomic E-state index is 6.33. The topological polar surface area (TPSA) is 17.8 Å². The van der Waals surface area contributed by atoms with Crippen molar-refractivity contribution in [2.75, 3.05) is 17.3 Å². The van der Waals surface area contributed by atoms with Crippen molar-refractivity contribution in [3.05, 3.63) is 29.0 Å². The van der Waals surface area contributed by atoms with Gasteiger partial charge in [0.1, 0.15) is 5.82 Å². The van der Waals surface area contributed by atoms with Gasteiger partial charge in [-0.15, -0.1) is 11.6 Å². The van der Waals surface area contributed by atoms with E-state index in [1.165, 1.54) is 17.3 Å². The summed E-state index contributed by atoms with van der Waals surface area (Å²) in [5.41, 5.74) is 1.97. The van der Waals surface area contributed by atoms with E-state index in [1.807, 2.05) is 41.7 Å². The quantitative estimate of drug-likeness (QED) is 0.781. The third-order valence-electron chi connectivity index (χ3n) is 3.19. The lowest BCUT2D eigenvalue weighted by molar-refractivity contribution is 0.687. The van der Waals surface area contributed by atoms with Crippen molar-refractivity contribution < 1.29 is 0 Å². The minimum atomic E-state index is 0.426. The number of fused-ring (bicyclic) bond motifs is 1. The molecule has 2 heterocycles. The molecule has 1 saturated heterocycles. The van der Waals surface area contributed by atoms with Crippen molar-refractivity contribution in [2.24, 2.45) is 0 Å². The molecule has 3 rings (SSSR count). The molecule has 0 N–H and O–H groups in total. The number of nitrogens with zero attached hydrogens (tertiary/aromatic N) is 2. The first-order valence-corrected chi connectivity index (χ1v) is 9.30. The van der Waals surface area contributed by atoms with Crippen molar-refractivity contribution in [1.82, 2.24) is 9.55 Å². The fourth-order valence-electron chi connectivity index (χ4n) is 2.33. The Bertz CT molecular complexity index is 579. The van der Waals surface area contributed by atoms with Crippen LogP contribution in [0.5, 0.6) is 0 Å². The lowest BCUT2D eigenvalue weighted by Gasteiger charge is -2.22. The third-order valence-corrected chi connectivity index (χ3v) is 6.56. The molecule has 0 spiro atoms. The van der Waals surface area contributed by atoms with Crippen molar-refractivity contribution in [1.29, 1.82) is 0 Å². The van der Waals surface area contributed by atoms with E-state index in [-0.39, 0.29) is 0 Å². The van der Waals surface area contributed by atoms with Gasteiger partial charge in [-0.05, 0) is 12.1 Å². The second-order valence-corrected chi connectivity index (χ2v) is 7.68. The van der Waals surface area contributed by atoms with Crippen LogP contribution in [-0.2, 0) is 12.4 Å². The highest BCUT2D eigenvalue weighted by Gasteiger charge is 2.19. The number of halogens is 2. The van der Waals surface area contributed by atoms with Gasteiger partial charge in [-0.2, -0.15) is 23.5 Å². The summed E-state index contributed by atoms with van der Waals surface area (Å²) in [5, 5.41) is 1.38. The Kier molecular flexibility index (Phi) is 4.52. The van der Waals surface area contributed by atoms with Crippen LogP contribution in [0.4, 0.5) is 0 Å². The number of hydrogen-bond acceptors (Lipinski definition) is 3. The van der Waals surface area contributed by atoms with E-state index in [4.69, 9.17) is 23.2 Å². The SMILES string of the molecule is ClCc1nc2cccc(Cl)c2n1CC1CSCCS1. The summed E-state index contributed by atoms with van der Waals surface area (Å²) in [6.45, 7) is 0.944. The van der Waals surface area contributed by atoms with Crippen LogP contribution in [0.2, 0.25) is 5.02 Å². The molecule has 1 aliphatic rings. The number of alkyl halides is 1. The predicted molar refractivity (Wildman–Crippen MR) is 87.9 cm³/mol. The Morgan fingerprint density at radius 1 is 1.37 bits per heavy atom. The standard InChI is InChI=1S/C13H14Cl2N2S2/c14-6-12-16-11-3-1-2-10(15)13(11)17(12)7-9-8-18-4-5-19-9/h1-3,9H,4-8H2. The molecule has 1 atom stereocenters. The fraction of sp³-hybridized carbons (Fsp3) is 0.462. The average molecular weight is 333 g/mol. The minimum Gasteiger partial charge on any atom is -0.325 e. The molecular formula is C13H14Cl2N2S2. The number of imidazole rings is 1. The number of rotatable bonds is 3. The molecule has 1 aromatic carbocycles. The molecule has 1 unspecified atom stereocenters. The highest BCUT2D eigenvalue weighted by Crippen LogP contribution is 2.30. The fourth-order valence-corrected chi connectivity index (χ4v) is 5.46. The second-order valence-electron chi connectivity index (χ2n) is 4.45. The van der Waals surface area contributed by atoms with E-state index < -0.39 is 0 Å². The summed E-state index contributed by atoms with van der Waals surface area (Å²) in [5.74, 6) is 5.02. The Morgan fingerprint density at radius 2 is 2.26 bits per heavy atom. The minimum absolute atomic E-state index is 0.426. The molecule has 2 nitrogen and oxygen atoms in total. The number of hydrogen-bond donors (Lipinski definition) is 0. The van der Waals surface area contributed by atoms with Crippen molar-refractivity contribution in [2.45, 2.75) is 17.7 Å². The van der Waals surface area contributed by atoms with Gasteiger partial charge in [-0.3, -0.25) is 0 Å². The normalized spacial score (nSPS) is 20.0. The molecule has 0 aliphatic carbocycles. The summed E-state index contributed by atoms with van der Waals surface area (Å²) in [7, 11) is 0. The van der Waals surface area contributed by atoms with Crippen LogP contribution >= 0.6 is 46.7 Å². The van der Waals surface area contributed by atoms with E-state index in [1.54, 1.807) is 0 Å². The van der Waals surface area contributed by atoms with Gasteiger partial charge in [0.15, 0.2) is 0 Å². The zero-order valence-corrected chi connectivity index (χ0v) is 13.5. The molecule has 1 fully saturated rings. The maximum atomic E-state index is 6.33. The van der Waals surface area contributed by atoms with E-state index in [2.05, 4.69) is 9.55 Å². The first-order chi connectivity index (χ1) is 9.29. The molecule has 1 aromatic heterocycles. The Morgan fingerprint density at radius 3 is 3.00 bits per heavy atom. The van der Waals surface area contributed by atoms with Crippen LogP contribution in [-0.4, -0.2) is 32.1 Å². The van der Waals surface area contributed by atoms with E-state index >= 15 is 0 Å². The molecule has 6 heteroatoms.